The molecule has 1 aromatic carbocycles. The van der Waals surface area contributed by atoms with Gasteiger partial charge in [-0.25, -0.2) is 4.98 Å². The average Bonchev–Trinajstić information content (AvgIpc) is 2.86. The fourth-order valence-electron chi connectivity index (χ4n) is 1.99. The smallest absolute Gasteiger partial charge is 0.110 e. The van der Waals surface area contributed by atoms with Crippen LogP contribution in [0.5, 0.6) is 0 Å². The fourth-order valence-corrected chi connectivity index (χ4v) is 1.99. The molecule has 0 fully saturated rings. The molecule has 2 N–H and O–H groups in total. The molecule has 0 aliphatic rings. The van der Waals surface area contributed by atoms with Gasteiger partial charge in [0.1, 0.15) is 5.82 Å². The molecule has 0 bridgehead atoms. The Hall–Kier alpha value is -2.12. The molecule has 1 aromatic heterocycles. The molecule has 1 heterocycles. The van der Waals surface area contributed by atoms with Gasteiger partial charge in [-0.05, 0) is 24.1 Å². The van der Waals surface area contributed by atoms with Crippen molar-refractivity contribution in [1.29, 1.82) is 5.26 Å². The summed E-state index contributed by atoms with van der Waals surface area (Å²) in [6.07, 6.45) is 5.47. The number of nitrogens with zero attached hydrogens (tertiary/aromatic N) is 3. The molecule has 4 heteroatoms. The van der Waals surface area contributed by atoms with Crippen LogP contribution in [0.1, 0.15) is 30.3 Å². The number of nitriles is 1. The van der Waals surface area contributed by atoms with Gasteiger partial charge in [0.25, 0.3) is 0 Å². The fraction of sp³-hybridized carbons (Fsp3) is 0.333. The number of aromatic nitrogens is 2. The molecule has 19 heavy (non-hydrogen) atoms. The van der Waals surface area contributed by atoms with Crippen LogP contribution in [0.25, 0.3) is 0 Å². The second kappa shape index (κ2) is 6.17. The number of imidazole rings is 1. The van der Waals surface area contributed by atoms with Crippen LogP contribution < -0.4 is 5.73 Å². The predicted molar refractivity (Wildman–Crippen MR) is 74.5 cm³/mol. The quantitative estimate of drug-likeness (QED) is 0.888. The van der Waals surface area contributed by atoms with E-state index in [0.29, 0.717) is 5.56 Å². The van der Waals surface area contributed by atoms with Gasteiger partial charge in [-0.2, -0.15) is 5.26 Å². The Bertz CT molecular complexity index is 580. The number of nitrogens with two attached hydrogens (primary N) is 1. The zero-order valence-corrected chi connectivity index (χ0v) is 11.1. The van der Waals surface area contributed by atoms with Crippen molar-refractivity contribution in [2.45, 2.75) is 32.4 Å². The minimum absolute atomic E-state index is 0.145. The van der Waals surface area contributed by atoms with Gasteiger partial charge in [0.2, 0.25) is 0 Å². The maximum atomic E-state index is 8.91. The first kappa shape index (κ1) is 13.3. The van der Waals surface area contributed by atoms with Crippen LogP contribution in [0.2, 0.25) is 0 Å². The Morgan fingerprint density at radius 1 is 1.47 bits per heavy atom. The zero-order chi connectivity index (χ0) is 13.7. The lowest BCUT2D eigenvalue weighted by Gasteiger charge is -2.11. The van der Waals surface area contributed by atoms with Gasteiger partial charge in [0, 0.05) is 31.4 Å². The largest absolute Gasteiger partial charge is 0.330 e. The van der Waals surface area contributed by atoms with E-state index in [2.05, 4.69) is 22.5 Å². The Kier molecular flexibility index (Phi) is 4.32. The summed E-state index contributed by atoms with van der Waals surface area (Å²) in [5, 5.41) is 8.91. The molecular formula is C15H18N4. The van der Waals surface area contributed by atoms with E-state index in [1.54, 1.807) is 6.20 Å². The van der Waals surface area contributed by atoms with Crippen molar-refractivity contribution in [2.24, 2.45) is 5.73 Å². The SMILES string of the molecule is CCC(N)Cc1nccn1Cc1cccc(C#N)c1. The third-order valence-corrected chi connectivity index (χ3v) is 3.18. The molecule has 0 spiro atoms. The normalized spacial score (nSPS) is 12.1. The molecule has 0 saturated heterocycles. The molecule has 1 atom stereocenters. The van der Waals surface area contributed by atoms with E-state index >= 15 is 0 Å². The van der Waals surface area contributed by atoms with Crippen LogP contribution in [0, 0.1) is 11.3 Å². The average molecular weight is 254 g/mol. The van der Waals surface area contributed by atoms with Crippen molar-refractivity contribution in [3.05, 3.63) is 53.6 Å². The summed E-state index contributed by atoms with van der Waals surface area (Å²) in [5.41, 5.74) is 7.76. The summed E-state index contributed by atoms with van der Waals surface area (Å²) < 4.78 is 2.09. The van der Waals surface area contributed by atoms with E-state index in [1.165, 1.54) is 0 Å². The molecule has 0 saturated carbocycles. The highest BCUT2D eigenvalue weighted by Gasteiger charge is 2.08. The van der Waals surface area contributed by atoms with Crippen LogP contribution in [0.15, 0.2) is 36.7 Å². The van der Waals surface area contributed by atoms with E-state index in [4.69, 9.17) is 11.0 Å². The predicted octanol–water partition coefficient (Wildman–Crippen LogP) is 2.08. The zero-order valence-electron chi connectivity index (χ0n) is 11.1. The van der Waals surface area contributed by atoms with E-state index < -0.39 is 0 Å². The van der Waals surface area contributed by atoms with E-state index in [-0.39, 0.29) is 6.04 Å². The highest BCUT2D eigenvalue weighted by molar-refractivity contribution is 5.32. The molecule has 2 aromatic rings. The summed E-state index contributed by atoms with van der Waals surface area (Å²) >= 11 is 0. The monoisotopic (exact) mass is 254 g/mol. The summed E-state index contributed by atoms with van der Waals surface area (Å²) in [5.74, 6) is 0.997. The molecule has 2 rings (SSSR count). The third kappa shape index (κ3) is 3.43. The third-order valence-electron chi connectivity index (χ3n) is 3.18. The van der Waals surface area contributed by atoms with Crippen LogP contribution >= 0.6 is 0 Å². The molecule has 0 aliphatic carbocycles. The molecular weight excluding hydrogens is 236 g/mol. The molecule has 0 aliphatic heterocycles. The van der Waals surface area contributed by atoms with Crippen LogP contribution in [-0.2, 0) is 13.0 Å². The first-order valence-electron chi connectivity index (χ1n) is 6.47. The minimum Gasteiger partial charge on any atom is -0.330 e. The highest BCUT2D eigenvalue weighted by Crippen LogP contribution is 2.09. The van der Waals surface area contributed by atoms with Gasteiger partial charge in [-0.15, -0.1) is 0 Å². The number of hydrogen-bond acceptors (Lipinski definition) is 3. The van der Waals surface area contributed by atoms with E-state index in [9.17, 15) is 0 Å². The number of hydrogen-bond donors (Lipinski definition) is 1. The second-order valence-electron chi connectivity index (χ2n) is 4.66. The van der Waals surface area contributed by atoms with Gasteiger partial charge in [-0.3, -0.25) is 0 Å². The molecule has 1 unspecified atom stereocenters. The summed E-state index contributed by atoms with van der Waals surface area (Å²) in [4.78, 5) is 4.36. The molecule has 0 amide bonds. The van der Waals surface area contributed by atoms with Gasteiger partial charge in [0.15, 0.2) is 0 Å². The lowest BCUT2D eigenvalue weighted by Crippen LogP contribution is -2.23. The topological polar surface area (TPSA) is 67.6 Å². The molecule has 4 nitrogen and oxygen atoms in total. The van der Waals surface area contributed by atoms with Crippen LogP contribution in [0.4, 0.5) is 0 Å². The lowest BCUT2D eigenvalue weighted by atomic mass is 10.1. The highest BCUT2D eigenvalue weighted by atomic mass is 15.1. The first-order chi connectivity index (χ1) is 9.22. The van der Waals surface area contributed by atoms with Crippen LogP contribution in [0.3, 0.4) is 0 Å². The van der Waals surface area contributed by atoms with E-state index in [1.807, 2.05) is 30.5 Å². The van der Waals surface area contributed by atoms with Crippen molar-refractivity contribution >= 4 is 0 Å². The number of benzene rings is 1. The van der Waals surface area contributed by atoms with E-state index in [0.717, 1.165) is 30.8 Å². The van der Waals surface area contributed by atoms with Crippen molar-refractivity contribution < 1.29 is 0 Å². The van der Waals surface area contributed by atoms with Crippen molar-refractivity contribution in [3.8, 4) is 6.07 Å². The maximum absolute atomic E-state index is 8.91. The maximum Gasteiger partial charge on any atom is 0.110 e. The second-order valence-corrected chi connectivity index (χ2v) is 4.66. The Morgan fingerprint density at radius 3 is 3.05 bits per heavy atom. The van der Waals surface area contributed by atoms with Gasteiger partial charge in [0.05, 0.1) is 11.6 Å². The van der Waals surface area contributed by atoms with Gasteiger partial charge >= 0.3 is 0 Å². The summed E-state index contributed by atoms with van der Waals surface area (Å²) in [6.45, 7) is 2.80. The Morgan fingerprint density at radius 2 is 2.32 bits per heavy atom. The van der Waals surface area contributed by atoms with Crippen molar-refractivity contribution in [2.75, 3.05) is 0 Å². The number of rotatable bonds is 5. The Labute approximate surface area is 113 Å². The van der Waals surface area contributed by atoms with Crippen molar-refractivity contribution in [1.82, 2.24) is 9.55 Å². The summed E-state index contributed by atoms with van der Waals surface area (Å²) in [7, 11) is 0. The minimum atomic E-state index is 0.145. The Balaban J connectivity index is 2.15. The van der Waals surface area contributed by atoms with Crippen molar-refractivity contribution in [3.63, 3.8) is 0 Å². The lowest BCUT2D eigenvalue weighted by molar-refractivity contribution is 0.597. The standard InChI is InChI=1S/C15H18N4/c1-2-14(17)9-15-18-6-7-19(15)11-13-5-3-4-12(8-13)10-16/h3-8,14H,2,9,11,17H2,1H3. The molecule has 0 radical (unpaired) electrons. The molecule has 98 valence electrons. The van der Waals surface area contributed by atoms with Gasteiger partial charge < -0.3 is 10.3 Å². The first-order valence-corrected chi connectivity index (χ1v) is 6.47. The van der Waals surface area contributed by atoms with Crippen LogP contribution in [-0.4, -0.2) is 15.6 Å². The summed E-state index contributed by atoms with van der Waals surface area (Å²) in [6, 6.07) is 9.94. The van der Waals surface area contributed by atoms with Gasteiger partial charge in [-0.1, -0.05) is 19.1 Å².